The molecule has 0 aliphatic carbocycles. The van der Waals surface area contributed by atoms with Crippen LogP contribution in [0.2, 0.25) is 0 Å². The van der Waals surface area contributed by atoms with Gasteiger partial charge in [0, 0.05) is 24.1 Å². The minimum absolute atomic E-state index is 1.03. The number of benzene rings is 1. The molecule has 1 aromatic carbocycles. The van der Waals surface area contributed by atoms with E-state index in [1.165, 1.54) is 5.69 Å². The third-order valence-electron chi connectivity index (χ3n) is 1.90. The zero-order valence-electron chi connectivity index (χ0n) is 8.30. The van der Waals surface area contributed by atoms with Crippen molar-refractivity contribution in [2.75, 3.05) is 30.3 Å². The SMILES string of the molecule is BrCCNCCCNc1ccccc1. The van der Waals surface area contributed by atoms with Crippen LogP contribution < -0.4 is 10.6 Å². The highest BCUT2D eigenvalue weighted by atomic mass is 79.9. The van der Waals surface area contributed by atoms with Gasteiger partial charge < -0.3 is 10.6 Å². The van der Waals surface area contributed by atoms with E-state index in [0.717, 1.165) is 31.4 Å². The van der Waals surface area contributed by atoms with E-state index in [1.54, 1.807) is 0 Å². The fourth-order valence-electron chi connectivity index (χ4n) is 1.19. The Morgan fingerprint density at radius 2 is 1.79 bits per heavy atom. The molecule has 0 saturated heterocycles. The summed E-state index contributed by atoms with van der Waals surface area (Å²) in [7, 11) is 0. The fourth-order valence-corrected chi connectivity index (χ4v) is 1.47. The van der Waals surface area contributed by atoms with Gasteiger partial charge in [-0.15, -0.1) is 0 Å². The van der Waals surface area contributed by atoms with E-state index in [0.29, 0.717) is 0 Å². The first-order chi connectivity index (χ1) is 6.93. The van der Waals surface area contributed by atoms with Gasteiger partial charge in [0.2, 0.25) is 0 Å². The second kappa shape index (κ2) is 7.83. The van der Waals surface area contributed by atoms with Gasteiger partial charge in [0.25, 0.3) is 0 Å². The highest BCUT2D eigenvalue weighted by Gasteiger charge is 1.89. The highest BCUT2D eigenvalue weighted by Crippen LogP contribution is 2.03. The van der Waals surface area contributed by atoms with Crippen molar-refractivity contribution in [2.24, 2.45) is 0 Å². The monoisotopic (exact) mass is 256 g/mol. The summed E-state index contributed by atoms with van der Waals surface area (Å²) < 4.78 is 0. The first-order valence-corrected chi connectivity index (χ1v) is 6.11. The van der Waals surface area contributed by atoms with Crippen molar-refractivity contribution in [3.63, 3.8) is 0 Å². The zero-order chi connectivity index (χ0) is 10.1. The lowest BCUT2D eigenvalue weighted by Crippen LogP contribution is -2.19. The van der Waals surface area contributed by atoms with Gasteiger partial charge in [-0.1, -0.05) is 34.1 Å². The van der Waals surface area contributed by atoms with Crippen LogP contribution in [0.5, 0.6) is 0 Å². The Labute approximate surface area is 94.2 Å². The van der Waals surface area contributed by atoms with E-state index < -0.39 is 0 Å². The maximum Gasteiger partial charge on any atom is 0.0340 e. The van der Waals surface area contributed by atoms with E-state index in [4.69, 9.17) is 0 Å². The number of hydrogen-bond acceptors (Lipinski definition) is 2. The average Bonchev–Trinajstić information content (AvgIpc) is 2.25. The lowest BCUT2D eigenvalue weighted by Gasteiger charge is -2.06. The van der Waals surface area contributed by atoms with E-state index in [1.807, 2.05) is 18.2 Å². The molecule has 1 aromatic rings. The van der Waals surface area contributed by atoms with Gasteiger partial charge in [-0.3, -0.25) is 0 Å². The number of hydrogen-bond donors (Lipinski definition) is 2. The lowest BCUT2D eigenvalue weighted by molar-refractivity contribution is 0.694. The lowest BCUT2D eigenvalue weighted by atomic mass is 10.3. The second-order valence-corrected chi connectivity index (χ2v) is 3.88. The predicted octanol–water partition coefficient (Wildman–Crippen LogP) is 2.47. The summed E-state index contributed by atoms with van der Waals surface area (Å²) in [6.07, 6.45) is 1.15. The molecule has 0 atom stereocenters. The topological polar surface area (TPSA) is 24.1 Å². The summed E-state index contributed by atoms with van der Waals surface area (Å²) in [5.74, 6) is 0. The maximum absolute atomic E-state index is 3.38. The molecule has 0 aliphatic rings. The molecule has 0 saturated carbocycles. The molecule has 14 heavy (non-hydrogen) atoms. The Kier molecular flexibility index (Phi) is 6.45. The third kappa shape index (κ3) is 5.25. The van der Waals surface area contributed by atoms with Crippen molar-refractivity contribution in [2.45, 2.75) is 6.42 Å². The van der Waals surface area contributed by atoms with Crippen molar-refractivity contribution in [1.82, 2.24) is 5.32 Å². The molecule has 0 fully saturated rings. The Bertz CT molecular complexity index is 226. The fraction of sp³-hybridized carbons (Fsp3) is 0.455. The molecular weight excluding hydrogens is 240 g/mol. The van der Waals surface area contributed by atoms with Gasteiger partial charge >= 0.3 is 0 Å². The van der Waals surface area contributed by atoms with Crippen LogP contribution in [-0.4, -0.2) is 25.0 Å². The number of rotatable bonds is 7. The molecule has 2 N–H and O–H groups in total. The van der Waals surface area contributed by atoms with Gasteiger partial charge in [-0.25, -0.2) is 0 Å². The minimum atomic E-state index is 1.03. The third-order valence-corrected chi connectivity index (χ3v) is 2.30. The van der Waals surface area contributed by atoms with E-state index in [9.17, 15) is 0 Å². The molecule has 2 nitrogen and oxygen atoms in total. The quantitative estimate of drug-likeness (QED) is 0.579. The zero-order valence-corrected chi connectivity index (χ0v) is 9.89. The number of halogens is 1. The summed E-state index contributed by atoms with van der Waals surface area (Å²) in [6, 6.07) is 10.3. The molecular formula is C11H17BrN2. The summed E-state index contributed by atoms with van der Waals surface area (Å²) in [6.45, 7) is 3.15. The number of nitrogens with one attached hydrogen (secondary N) is 2. The summed E-state index contributed by atoms with van der Waals surface area (Å²) in [5, 5.41) is 7.73. The van der Waals surface area contributed by atoms with E-state index in [-0.39, 0.29) is 0 Å². The van der Waals surface area contributed by atoms with Gasteiger partial charge in [0.15, 0.2) is 0 Å². The molecule has 1 rings (SSSR count). The molecule has 0 amide bonds. The van der Waals surface area contributed by atoms with Crippen molar-refractivity contribution in [1.29, 1.82) is 0 Å². The smallest absolute Gasteiger partial charge is 0.0340 e. The molecule has 0 spiro atoms. The Balaban J connectivity index is 1.99. The van der Waals surface area contributed by atoms with Crippen LogP contribution in [0, 0.1) is 0 Å². The molecule has 0 aromatic heterocycles. The number of para-hydroxylation sites is 1. The van der Waals surface area contributed by atoms with E-state index in [2.05, 4.69) is 38.7 Å². The standard InChI is InChI=1S/C11H17BrN2/c12-7-10-13-8-4-9-14-11-5-2-1-3-6-11/h1-3,5-6,13-14H,4,7-10H2. The maximum atomic E-state index is 3.38. The highest BCUT2D eigenvalue weighted by molar-refractivity contribution is 9.09. The minimum Gasteiger partial charge on any atom is -0.385 e. The molecule has 78 valence electrons. The first-order valence-electron chi connectivity index (χ1n) is 4.99. The second-order valence-electron chi connectivity index (χ2n) is 3.09. The van der Waals surface area contributed by atoms with Crippen LogP contribution in [0.25, 0.3) is 0 Å². The van der Waals surface area contributed by atoms with Crippen molar-refractivity contribution >= 4 is 21.6 Å². The average molecular weight is 257 g/mol. The van der Waals surface area contributed by atoms with Gasteiger partial charge in [0.1, 0.15) is 0 Å². The largest absolute Gasteiger partial charge is 0.385 e. The molecule has 0 heterocycles. The molecule has 0 bridgehead atoms. The van der Waals surface area contributed by atoms with Crippen LogP contribution in [0.1, 0.15) is 6.42 Å². The van der Waals surface area contributed by atoms with Crippen LogP contribution in [0.4, 0.5) is 5.69 Å². The van der Waals surface area contributed by atoms with Crippen molar-refractivity contribution < 1.29 is 0 Å². The molecule has 0 radical (unpaired) electrons. The first kappa shape index (κ1) is 11.5. The molecule has 3 heteroatoms. The predicted molar refractivity (Wildman–Crippen MR) is 66.2 cm³/mol. The van der Waals surface area contributed by atoms with Crippen molar-refractivity contribution in [3.05, 3.63) is 30.3 Å². The Morgan fingerprint density at radius 3 is 2.50 bits per heavy atom. The van der Waals surface area contributed by atoms with Crippen LogP contribution >= 0.6 is 15.9 Å². The van der Waals surface area contributed by atoms with Gasteiger partial charge in [-0.05, 0) is 25.1 Å². The summed E-state index contributed by atoms with van der Waals surface area (Å²) in [5.41, 5.74) is 1.20. The molecule has 0 unspecified atom stereocenters. The summed E-state index contributed by atoms with van der Waals surface area (Å²) >= 11 is 3.38. The molecule has 0 aliphatic heterocycles. The normalized spacial score (nSPS) is 10.1. The van der Waals surface area contributed by atoms with Gasteiger partial charge in [-0.2, -0.15) is 0 Å². The number of anilines is 1. The summed E-state index contributed by atoms with van der Waals surface area (Å²) in [4.78, 5) is 0. The van der Waals surface area contributed by atoms with Crippen molar-refractivity contribution in [3.8, 4) is 0 Å². The number of alkyl halides is 1. The van der Waals surface area contributed by atoms with Crippen LogP contribution in [0.15, 0.2) is 30.3 Å². The van der Waals surface area contributed by atoms with Gasteiger partial charge in [0.05, 0.1) is 0 Å². The Hall–Kier alpha value is -0.540. The van der Waals surface area contributed by atoms with Crippen LogP contribution in [-0.2, 0) is 0 Å². The Morgan fingerprint density at radius 1 is 1.00 bits per heavy atom. The van der Waals surface area contributed by atoms with Crippen LogP contribution in [0.3, 0.4) is 0 Å². The van der Waals surface area contributed by atoms with E-state index >= 15 is 0 Å².